The van der Waals surface area contributed by atoms with Gasteiger partial charge in [-0.05, 0) is 37.8 Å². The maximum atomic E-state index is 12.6. The molecule has 0 radical (unpaired) electrons. The van der Waals surface area contributed by atoms with Crippen LogP contribution in [0, 0.1) is 5.41 Å². The minimum atomic E-state index is -0.874. The van der Waals surface area contributed by atoms with Crippen molar-refractivity contribution in [3.8, 4) is 0 Å². The van der Waals surface area contributed by atoms with E-state index >= 15 is 0 Å². The monoisotopic (exact) mass is 344 g/mol. The highest BCUT2D eigenvalue weighted by molar-refractivity contribution is 5.97. The molecular formula is C19H24N2O4. The summed E-state index contributed by atoms with van der Waals surface area (Å²) in [5.74, 6) is -0.895. The Hall–Kier alpha value is -2.37. The van der Waals surface area contributed by atoms with Crippen LogP contribution in [0.3, 0.4) is 0 Å². The molecule has 1 aromatic rings. The number of aryl methyl sites for hydroxylation is 1. The van der Waals surface area contributed by atoms with Gasteiger partial charge in [0.1, 0.15) is 0 Å². The summed E-state index contributed by atoms with van der Waals surface area (Å²) in [4.78, 5) is 39.6. The number of likely N-dealkylation sites (tertiary alicyclic amines) is 1. The second kappa shape index (κ2) is 6.86. The highest BCUT2D eigenvalue weighted by Gasteiger charge is 2.39. The highest BCUT2D eigenvalue weighted by atomic mass is 16.4. The quantitative estimate of drug-likeness (QED) is 0.907. The second-order valence-corrected chi connectivity index (χ2v) is 7.21. The third-order valence-corrected chi connectivity index (χ3v) is 5.31. The number of carboxylic acids is 1. The van der Waals surface area contributed by atoms with Crippen molar-refractivity contribution < 1.29 is 19.5 Å². The molecule has 2 heterocycles. The third-order valence-electron chi connectivity index (χ3n) is 5.31. The Morgan fingerprint density at radius 1 is 1.24 bits per heavy atom. The number of carboxylic acid groups (broad SMARTS) is 1. The molecule has 1 N–H and O–H groups in total. The fourth-order valence-electron chi connectivity index (χ4n) is 3.73. The lowest BCUT2D eigenvalue weighted by Gasteiger charge is -2.38. The summed E-state index contributed by atoms with van der Waals surface area (Å²) in [7, 11) is 0. The Bertz CT molecular complexity index is 702. The van der Waals surface area contributed by atoms with Crippen LogP contribution in [-0.2, 0) is 20.8 Å². The van der Waals surface area contributed by atoms with E-state index in [1.165, 1.54) is 0 Å². The molecule has 134 valence electrons. The van der Waals surface area contributed by atoms with Crippen molar-refractivity contribution >= 4 is 23.5 Å². The summed E-state index contributed by atoms with van der Waals surface area (Å²) in [6.07, 6.45) is 2.70. The molecule has 1 unspecified atom stereocenters. The van der Waals surface area contributed by atoms with Gasteiger partial charge in [-0.15, -0.1) is 0 Å². The summed E-state index contributed by atoms with van der Waals surface area (Å²) in [6.45, 7) is 2.87. The van der Waals surface area contributed by atoms with E-state index in [0.717, 1.165) is 17.7 Å². The Morgan fingerprint density at radius 3 is 2.76 bits per heavy atom. The van der Waals surface area contributed by atoms with E-state index in [4.69, 9.17) is 0 Å². The summed E-state index contributed by atoms with van der Waals surface area (Å²) >= 11 is 0. The van der Waals surface area contributed by atoms with Crippen molar-refractivity contribution in [3.63, 3.8) is 0 Å². The Morgan fingerprint density at radius 2 is 2.00 bits per heavy atom. The molecule has 2 aliphatic rings. The van der Waals surface area contributed by atoms with Gasteiger partial charge >= 0.3 is 5.97 Å². The van der Waals surface area contributed by atoms with Crippen LogP contribution in [0.4, 0.5) is 5.69 Å². The summed E-state index contributed by atoms with van der Waals surface area (Å²) in [6, 6.07) is 7.78. The van der Waals surface area contributed by atoms with Crippen LogP contribution in [0.1, 0.15) is 38.2 Å². The Balaban J connectivity index is 1.65. The van der Waals surface area contributed by atoms with Crippen molar-refractivity contribution in [2.45, 2.75) is 39.0 Å². The molecule has 0 bridgehead atoms. The maximum Gasteiger partial charge on any atom is 0.311 e. The molecular weight excluding hydrogens is 320 g/mol. The standard InChI is InChI=1S/C19H24N2O4/c1-19(18(24)25)10-4-11-20(13-19)16(22)9-12-21-15-6-3-2-5-14(15)7-8-17(21)23/h2-3,5-6H,4,7-13H2,1H3,(H,24,25). The van der Waals surface area contributed by atoms with Gasteiger partial charge in [-0.1, -0.05) is 18.2 Å². The Labute approximate surface area is 147 Å². The molecule has 1 aromatic carbocycles. The topological polar surface area (TPSA) is 77.9 Å². The normalized spacial score (nSPS) is 23.3. The third kappa shape index (κ3) is 3.52. The van der Waals surface area contributed by atoms with Gasteiger partial charge in [0.2, 0.25) is 11.8 Å². The lowest BCUT2D eigenvalue weighted by atomic mass is 9.82. The van der Waals surface area contributed by atoms with E-state index in [9.17, 15) is 19.5 Å². The SMILES string of the molecule is CC1(C(=O)O)CCCN(C(=O)CCN2C(=O)CCc3ccccc32)C1. The Kier molecular flexibility index (Phi) is 4.79. The first-order valence-electron chi connectivity index (χ1n) is 8.80. The minimum Gasteiger partial charge on any atom is -0.481 e. The number of anilines is 1. The molecule has 6 nitrogen and oxygen atoms in total. The zero-order valence-corrected chi connectivity index (χ0v) is 14.5. The van der Waals surface area contributed by atoms with Crippen molar-refractivity contribution in [2.24, 2.45) is 5.41 Å². The number of aliphatic carboxylic acids is 1. The van der Waals surface area contributed by atoms with Gasteiger partial charge < -0.3 is 14.9 Å². The molecule has 25 heavy (non-hydrogen) atoms. The molecule has 2 amide bonds. The predicted octanol–water partition coefficient (Wildman–Crippen LogP) is 2.07. The van der Waals surface area contributed by atoms with E-state index in [-0.39, 0.29) is 24.8 Å². The molecule has 1 atom stereocenters. The van der Waals surface area contributed by atoms with E-state index in [0.29, 0.717) is 32.4 Å². The van der Waals surface area contributed by atoms with Crippen LogP contribution in [-0.4, -0.2) is 47.4 Å². The molecule has 1 saturated heterocycles. The highest BCUT2D eigenvalue weighted by Crippen LogP contribution is 2.31. The number of piperidine rings is 1. The van der Waals surface area contributed by atoms with Crippen LogP contribution in [0.2, 0.25) is 0 Å². The maximum absolute atomic E-state index is 12.6. The fraction of sp³-hybridized carbons (Fsp3) is 0.526. The zero-order chi connectivity index (χ0) is 18.0. The van der Waals surface area contributed by atoms with Crippen LogP contribution < -0.4 is 4.90 Å². The number of hydrogen-bond donors (Lipinski definition) is 1. The number of rotatable bonds is 4. The van der Waals surface area contributed by atoms with Gasteiger partial charge in [-0.2, -0.15) is 0 Å². The first kappa shape index (κ1) is 17.5. The molecule has 0 saturated carbocycles. The van der Waals surface area contributed by atoms with Crippen molar-refractivity contribution in [2.75, 3.05) is 24.5 Å². The number of carbonyl (C=O) groups excluding carboxylic acids is 2. The van der Waals surface area contributed by atoms with Gasteiger partial charge in [-0.25, -0.2) is 0 Å². The molecule has 1 fully saturated rings. The number of carbonyl (C=O) groups is 3. The minimum absolute atomic E-state index is 0.0421. The fourth-order valence-corrected chi connectivity index (χ4v) is 3.73. The number of para-hydroxylation sites is 1. The van der Waals surface area contributed by atoms with Crippen molar-refractivity contribution in [3.05, 3.63) is 29.8 Å². The number of fused-ring (bicyclic) bond motifs is 1. The molecule has 2 aliphatic heterocycles. The van der Waals surface area contributed by atoms with Gasteiger partial charge in [0.15, 0.2) is 0 Å². The van der Waals surface area contributed by atoms with Crippen LogP contribution in [0.5, 0.6) is 0 Å². The van der Waals surface area contributed by atoms with E-state index in [2.05, 4.69) is 0 Å². The summed E-state index contributed by atoms with van der Waals surface area (Å²) < 4.78 is 0. The van der Waals surface area contributed by atoms with Gasteiger partial charge in [-0.3, -0.25) is 14.4 Å². The lowest BCUT2D eigenvalue weighted by Crippen LogP contribution is -2.49. The van der Waals surface area contributed by atoms with E-state index < -0.39 is 11.4 Å². The second-order valence-electron chi connectivity index (χ2n) is 7.21. The van der Waals surface area contributed by atoms with Crippen LogP contribution >= 0.6 is 0 Å². The van der Waals surface area contributed by atoms with E-state index in [1.54, 1.807) is 16.7 Å². The number of hydrogen-bond acceptors (Lipinski definition) is 3. The van der Waals surface area contributed by atoms with Crippen LogP contribution in [0.15, 0.2) is 24.3 Å². The average molecular weight is 344 g/mol. The van der Waals surface area contributed by atoms with E-state index in [1.807, 2.05) is 24.3 Å². The van der Waals surface area contributed by atoms with Crippen LogP contribution in [0.25, 0.3) is 0 Å². The summed E-state index contributed by atoms with van der Waals surface area (Å²) in [5.41, 5.74) is 1.15. The zero-order valence-electron chi connectivity index (χ0n) is 14.5. The smallest absolute Gasteiger partial charge is 0.311 e. The average Bonchev–Trinajstić information content (AvgIpc) is 2.60. The molecule has 0 aliphatic carbocycles. The number of amides is 2. The van der Waals surface area contributed by atoms with Gasteiger partial charge in [0.05, 0.1) is 5.41 Å². The summed E-state index contributed by atoms with van der Waals surface area (Å²) in [5, 5.41) is 9.38. The molecule has 0 aromatic heterocycles. The van der Waals surface area contributed by atoms with Crippen molar-refractivity contribution in [1.29, 1.82) is 0 Å². The first-order chi connectivity index (χ1) is 11.9. The largest absolute Gasteiger partial charge is 0.481 e. The number of nitrogens with zero attached hydrogens (tertiary/aromatic N) is 2. The molecule has 3 rings (SSSR count). The predicted molar refractivity (Wildman–Crippen MR) is 93.3 cm³/mol. The molecule has 0 spiro atoms. The lowest BCUT2D eigenvalue weighted by molar-refractivity contribution is -0.153. The van der Waals surface area contributed by atoms with Gasteiger partial charge in [0.25, 0.3) is 0 Å². The first-order valence-corrected chi connectivity index (χ1v) is 8.80. The van der Waals surface area contributed by atoms with Crippen molar-refractivity contribution in [1.82, 2.24) is 4.90 Å². The number of benzene rings is 1. The van der Waals surface area contributed by atoms with Gasteiger partial charge in [0, 0.05) is 38.2 Å². The molecule has 6 heteroatoms.